The molecular weight excluding hydrogens is 190 g/mol. The molecule has 0 aliphatic heterocycles. The van der Waals surface area contributed by atoms with E-state index in [0.29, 0.717) is 6.61 Å². The highest BCUT2D eigenvalue weighted by atomic mass is 16.5. The van der Waals surface area contributed by atoms with E-state index >= 15 is 0 Å². The molecule has 0 unspecified atom stereocenters. The molecule has 15 heavy (non-hydrogen) atoms. The molecule has 0 spiro atoms. The minimum Gasteiger partial charge on any atom is -0.490 e. The Kier molecular flexibility index (Phi) is 2.92. The Morgan fingerprint density at radius 2 is 2.33 bits per heavy atom. The van der Waals surface area contributed by atoms with Gasteiger partial charge in [-0.1, -0.05) is 6.92 Å². The summed E-state index contributed by atoms with van der Waals surface area (Å²) < 4.78 is 5.43. The van der Waals surface area contributed by atoms with Crippen molar-refractivity contribution in [3.63, 3.8) is 0 Å². The van der Waals surface area contributed by atoms with Crippen LogP contribution in [0.5, 0.6) is 5.75 Å². The number of hydrogen-bond donors (Lipinski definition) is 2. The topological polar surface area (TPSA) is 45.2 Å². The molecule has 2 rings (SSSR count). The van der Waals surface area contributed by atoms with Gasteiger partial charge in [0.25, 0.3) is 0 Å². The van der Waals surface area contributed by atoms with Crippen LogP contribution in [-0.4, -0.2) is 23.3 Å². The third-order valence-corrected chi connectivity index (χ3v) is 2.34. The highest BCUT2D eigenvalue weighted by molar-refractivity contribution is 5.86. The summed E-state index contributed by atoms with van der Waals surface area (Å²) in [6.07, 6.45) is 0.966. The highest BCUT2D eigenvalue weighted by Crippen LogP contribution is 2.26. The molecule has 0 atom stereocenters. The number of benzene rings is 1. The lowest BCUT2D eigenvalue weighted by Gasteiger charge is -2.04. The van der Waals surface area contributed by atoms with Crippen molar-refractivity contribution in [3.05, 3.63) is 30.0 Å². The third kappa shape index (κ3) is 1.97. The molecule has 0 aliphatic carbocycles. The van der Waals surface area contributed by atoms with Crippen molar-refractivity contribution in [2.24, 2.45) is 0 Å². The Labute approximate surface area is 88.7 Å². The molecule has 0 aliphatic rings. The van der Waals surface area contributed by atoms with Gasteiger partial charge >= 0.3 is 0 Å². The molecule has 2 N–H and O–H groups in total. The number of aryl methyl sites for hydroxylation is 1. The number of aliphatic hydroxyl groups is 1. The molecule has 1 radical (unpaired) electrons. The minimum atomic E-state index is 0.0292. The van der Waals surface area contributed by atoms with Crippen LogP contribution in [-0.2, 0) is 6.42 Å². The number of aliphatic hydroxyl groups excluding tert-OH is 1. The van der Waals surface area contributed by atoms with Crippen LogP contribution < -0.4 is 4.74 Å². The number of aromatic amines is 1. The average molecular weight is 204 g/mol. The van der Waals surface area contributed by atoms with Crippen LogP contribution >= 0.6 is 0 Å². The van der Waals surface area contributed by atoms with Crippen LogP contribution in [0, 0.1) is 6.07 Å². The summed E-state index contributed by atoms with van der Waals surface area (Å²) >= 11 is 0. The Bertz CT molecular complexity index is 448. The molecule has 2 aromatic rings. The molecule has 3 nitrogen and oxygen atoms in total. The van der Waals surface area contributed by atoms with E-state index in [4.69, 9.17) is 9.84 Å². The zero-order valence-electron chi connectivity index (χ0n) is 8.71. The van der Waals surface area contributed by atoms with E-state index < -0.39 is 0 Å². The summed E-state index contributed by atoms with van der Waals surface area (Å²) in [7, 11) is 0. The van der Waals surface area contributed by atoms with Crippen LogP contribution in [0.15, 0.2) is 18.2 Å². The number of H-pyrrole nitrogens is 1. The van der Waals surface area contributed by atoms with Gasteiger partial charge in [-0.15, -0.1) is 0 Å². The van der Waals surface area contributed by atoms with E-state index in [0.717, 1.165) is 23.1 Å². The maximum atomic E-state index is 8.71. The van der Waals surface area contributed by atoms with E-state index in [2.05, 4.69) is 24.0 Å². The average Bonchev–Trinajstić information content (AvgIpc) is 2.69. The molecule has 79 valence electrons. The number of hydrogen-bond acceptors (Lipinski definition) is 2. The van der Waals surface area contributed by atoms with Crippen molar-refractivity contribution >= 4 is 10.9 Å². The largest absolute Gasteiger partial charge is 0.490 e. The summed E-state index contributed by atoms with van der Waals surface area (Å²) in [5.74, 6) is 0.775. The summed E-state index contributed by atoms with van der Waals surface area (Å²) in [6, 6.07) is 8.79. The molecule has 1 heterocycles. The monoisotopic (exact) mass is 204 g/mol. The van der Waals surface area contributed by atoms with Gasteiger partial charge in [0, 0.05) is 16.6 Å². The van der Waals surface area contributed by atoms with Gasteiger partial charge in [0.05, 0.1) is 6.61 Å². The SMILES string of the molecule is CCc1cc2c(OCCO)c[c]cc2[nH]1. The molecule has 0 saturated carbocycles. The lowest BCUT2D eigenvalue weighted by atomic mass is 10.2. The predicted octanol–water partition coefficient (Wildman–Crippen LogP) is 1.90. The van der Waals surface area contributed by atoms with E-state index in [1.807, 2.05) is 6.07 Å². The first-order valence-corrected chi connectivity index (χ1v) is 5.10. The van der Waals surface area contributed by atoms with Crippen LogP contribution in [0.2, 0.25) is 0 Å². The maximum Gasteiger partial charge on any atom is 0.129 e. The second-order valence-corrected chi connectivity index (χ2v) is 3.37. The van der Waals surface area contributed by atoms with E-state index in [1.54, 1.807) is 6.07 Å². The first kappa shape index (κ1) is 10.1. The van der Waals surface area contributed by atoms with Crippen LogP contribution in [0.3, 0.4) is 0 Å². The second-order valence-electron chi connectivity index (χ2n) is 3.37. The Morgan fingerprint density at radius 1 is 1.47 bits per heavy atom. The fourth-order valence-electron chi connectivity index (χ4n) is 1.59. The van der Waals surface area contributed by atoms with Crippen LogP contribution in [0.25, 0.3) is 10.9 Å². The zero-order chi connectivity index (χ0) is 10.7. The normalized spacial score (nSPS) is 10.8. The fraction of sp³-hybridized carbons (Fsp3) is 0.333. The van der Waals surface area contributed by atoms with Gasteiger partial charge in [-0.3, -0.25) is 0 Å². The number of aromatic nitrogens is 1. The Morgan fingerprint density at radius 3 is 3.07 bits per heavy atom. The van der Waals surface area contributed by atoms with Gasteiger partial charge in [-0.2, -0.15) is 0 Å². The summed E-state index contributed by atoms with van der Waals surface area (Å²) in [5, 5.41) is 9.76. The molecule has 1 aromatic carbocycles. The number of fused-ring (bicyclic) bond motifs is 1. The Hall–Kier alpha value is -1.48. The Balaban J connectivity index is 2.40. The molecule has 1 aromatic heterocycles. The second kappa shape index (κ2) is 4.36. The summed E-state index contributed by atoms with van der Waals surface area (Å²) in [6.45, 7) is 2.45. The molecule has 3 heteroatoms. The van der Waals surface area contributed by atoms with Crippen molar-refractivity contribution in [1.29, 1.82) is 0 Å². The van der Waals surface area contributed by atoms with Gasteiger partial charge in [0.2, 0.25) is 0 Å². The molecule has 0 fully saturated rings. The minimum absolute atomic E-state index is 0.0292. The molecule has 0 bridgehead atoms. The lowest BCUT2D eigenvalue weighted by molar-refractivity contribution is 0.203. The van der Waals surface area contributed by atoms with E-state index in [9.17, 15) is 0 Å². The third-order valence-electron chi connectivity index (χ3n) is 2.34. The van der Waals surface area contributed by atoms with Gasteiger partial charge < -0.3 is 14.8 Å². The molecule has 0 saturated heterocycles. The fourth-order valence-corrected chi connectivity index (χ4v) is 1.59. The zero-order valence-corrected chi connectivity index (χ0v) is 8.71. The van der Waals surface area contributed by atoms with E-state index in [1.165, 1.54) is 5.69 Å². The summed E-state index contributed by atoms with van der Waals surface area (Å²) in [4.78, 5) is 3.29. The van der Waals surface area contributed by atoms with Crippen LogP contribution in [0.1, 0.15) is 12.6 Å². The van der Waals surface area contributed by atoms with Crippen LogP contribution in [0.4, 0.5) is 0 Å². The first-order valence-electron chi connectivity index (χ1n) is 5.10. The van der Waals surface area contributed by atoms with Crippen molar-refractivity contribution in [2.75, 3.05) is 13.2 Å². The maximum absolute atomic E-state index is 8.71. The quantitative estimate of drug-likeness (QED) is 0.799. The number of rotatable bonds is 4. The van der Waals surface area contributed by atoms with E-state index in [-0.39, 0.29) is 6.61 Å². The predicted molar refractivity (Wildman–Crippen MR) is 59.1 cm³/mol. The smallest absolute Gasteiger partial charge is 0.129 e. The van der Waals surface area contributed by atoms with Crippen molar-refractivity contribution < 1.29 is 9.84 Å². The van der Waals surface area contributed by atoms with Gasteiger partial charge in [0.15, 0.2) is 0 Å². The van der Waals surface area contributed by atoms with Crippen molar-refractivity contribution in [3.8, 4) is 5.75 Å². The lowest BCUT2D eigenvalue weighted by Crippen LogP contribution is -2.01. The van der Waals surface area contributed by atoms with Crippen molar-refractivity contribution in [1.82, 2.24) is 4.98 Å². The standard InChI is InChI=1S/C12H14NO2/c1-2-9-8-10-11(13-9)4-3-5-12(10)15-7-6-14/h4-5,8,13-14H,2,6-7H2,1H3. The number of nitrogens with one attached hydrogen (secondary N) is 1. The number of ether oxygens (including phenoxy) is 1. The summed E-state index contributed by atoms with van der Waals surface area (Å²) in [5.41, 5.74) is 2.21. The highest BCUT2D eigenvalue weighted by Gasteiger charge is 2.05. The van der Waals surface area contributed by atoms with Gasteiger partial charge in [-0.05, 0) is 30.7 Å². The van der Waals surface area contributed by atoms with Gasteiger partial charge in [-0.25, -0.2) is 0 Å². The van der Waals surface area contributed by atoms with Gasteiger partial charge in [0.1, 0.15) is 12.4 Å². The first-order chi connectivity index (χ1) is 7.35. The van der Waals surface area contributed by atoms with Crippen molar-refractivity contribution in [2.45, 2.75) is 13.3 Å². The molecule has 0 amide bonds. The molecular formula is C12H14NO2.